The summed E-state index contributed by atoms with van der Waals surface area (Å²) in [5.41, 5.74) is 7.78. The summed E-state index contributed by atoms with van der Waals surface area (Å²) in [6, 6.07) is 8.99. The molecule has 0 spiro atoms. The van der Waals surface area contributed by atoms with Crippen molar-refractivity contribution in [2.24, 2.45) is 23.5 Å². The van der Waals surface area contributed by atoms with Crippen LogP contribution in [0.15, 0.2) is 28.7 Å². The number of rotatable bonds is 3. The van der Waals surface area contributed by atoms with E-state index in [0.29, 0.717) is 6.04 Å². The second-order valence-corrected chi connectivity index (χ2v) is 6.60. The Kier molecular flexibility index (Phi) is 3.27. The molecule has 0 saturated heterocycles. The van der Waals surface area contributed by atoms with Crippen molar-refractivity contribution in [2.75, 3.05) is 0 Å². The first kappa shape index (κ1) is 11.7. The van der Waals surface area contributed by atoms with Gasteiger partial charge < -0.3 is 5.73 Å². The van der Waals surface area contributed by atoms with E-state index < -0.39 is 0 Å². The van der Waals surface area contributed by atoms with Crippen LogP contribution in [0.4, 0.5) is 0 Å². The molecule has 3 atom stereocenters. The monoisotopic (exact) mass is 293 g/mol. The summed E-state index contributed by atoms with van der Waals surface area (Å²) in [5.74, 6) is 2.75. The summed E-state index contributed by atoms with van der Waals surface area (Å²) in [7, 11) is 0. The average Bonchev–Trinajstić information content (AvgIpc) is 3.06. The fourth-order valence-electron chi connectivity index (χ4n) is 3.71. The Balaban J connectivity index is 1.60. The normalized spacial score (nSPS) is 32.9. The Morgan fingerprint density at radius 3 is 2.29 bits per heavy atom. The lowest BCUT2D eigenvalue weighted by atomic mass is 10.0. The van der Waals surface area contributed by atoms with E-state index in [2.05, 4.69) is 40.2 Å². The Hall–Kier alpha value is -0.340. The minimum Gasteiger partial charge on any atom is -0.327 e. The van der Waals surface area contributed by atoms with Crippen LogP contribution in [-0.2, 0) is 6.42 Å². The molecule has 0 heterocycles. The lowest BCUT2D eigenvalue weighted by molar-refractivity contribution is 0.480. The quantitative estimate of drug-likeness (QED) is 0.902. The van der Waals surface area contributed by atoms with E-state index in [1.807, 2.05) is 0 Å². The van der Waals surface area contributed by atoms with Crippen LogP contribution in [-0.4, -0.2) is 6.04 Å². The number of fused-ring (bicyclic) bond motifs is 1. The van der Waals surface area contributed by atoms with Crippen molar-refractivity contribution in [3.05, 3.63) is 34.3 Å². The third-order valence-electron chi connectivity index (χ3n) is 4.60. The average molecular weight is 294 g/mol. The summed E-state index contributed by atoms with van der Waals surface area (Å²) in [4.78, 5) is 0. The molecule has 2 aliphatic carbocycles. The van der Waals surface area contributed by atoms with E-state index in [9.17, 15) is 0 Å². The summed E-state index contributed by atoms with van der Waals surface area (Å²) in [5, 5.41) is 0. The van der Waals surface area contributed by atoms with Gasteiger partial charge in [-0.2, -0.15) is 0 Å². The topological polar surface area (TPSA) is 26.0 Å². The molecule has 2 saturated carbocycles. The van der Waals surface area contributed by atoms with Crippen molar-refractivity contribution in [3.63, 3.8) is 0 Å². The van der Waals surface area contributed by atoms with Gasteiger partial charge in [-0.15, -0.1) is 0 Å². The van der Waals surface area contributed by atoms with Crippen LogP contribution in [0, 0.1) is 17.8 Å². The van der Waals surface area contributed by atoms with Crippen LogP contribution >= 0.6 is 15.9 Å². The molecule has 92 valence electrons. The number of hydrogen-bond acceptors (Lipinski definition) is 1. The molecule has 1 aromatic rings. The highest BCUT2D eigenvalue weighted by Crippen LogP contribution is 2.56. The molecule has 2 aliphatic rings. The fraction of sp³-hybridized carbons (Fsp3) is 0.600. The Morgan fingerprint density at radius 1 is 1.12 bits per heavy atom. The van der Waals surface area contributed by atoms with Gasteiger partial charge in [-0.1, -0.05) is 40.9 Å². The van der Waals surface area contributed by atoms with Gasteiger partial charge in [0.1, 0.15) is 0 Å². The highest BCUT2D eigenvalue weighted by atomic mass is 79.9. The zero-order chi connectivity index (χ0) is 11.8. The smallest absolute Gasteiger partial charge is 0.0175 e. The lowest BCUT2D eigenvalue weighted by Crippen LogP contribution is -2.26. The van der Waals surface area contributed by atoms with Gasteiger partial charge in [0.2, 0.25) is 0 Å². The minimum atomic E-state index is 0.379. The maximum atomic E-state index is 6.40. The van der Waals surface area contributed by atoms with Gasteiger partial charge in [-0.3, -0.25) is 0 Å². The molecule has 0 radical (unpaired) electrons. The van der Waals surface area contributed by atoms with Crippen LogP contribution in [0.25, 0.3) is 0 Å². The van der Waals surface area contributed by atoms with Crippen molar-refractivity contribution < 1.29 is 0 Å². The van der Waals surface area contributed by atoms with Gasteiger partial charge in [-0.25, -0.2) is 0 Å². The molecule has 1 aromatic carbocycles. The van der Waals surface area contributed by atoms with Crippen molar-refractivity contribution in [1.29, 1.82) is 0 Å². The Morgan fingerprint density at radius 2 is 1.71 bits per heavy atom. The first-order valence-electron chi connectivity index (χ1n) is 6.76. The molecular weight excluding hydrogens is 274 g/mol. The number of halogens is 1. The molecule has 1 nitrogen and oxygen atoms in total. The van der Waals surface area contributed by atoms with Crippen molar-refractivity contribution in [1.82, 2.24) is 0 Å². The first-order chi connectivity index (χ1) is 8.25. The molecule has 2 fully saturated rings. The second kappa shape index (κ2) is 4.74. The zero-order valence-electron chi connectivity index (χ0n) is 10.1. The van der Waals surface area contributed by atoms with E-state index >= 15 is 0 Å². The molecule has 0 bridgehead atoms. The van der Waals surface area contributed by atoms with E-state index in [1.165, 1.54) is 31.2 Å². The largest absolute Gasteiger partial charge is 0.327 e. The number of hydrogen-bond donors (Lipinski definition) is 1. The summed E-state index contributed by atoms with van der Waals surface area (Å²) in [6.45, 7) is 0. The number of benzene rings is 1. The van der Waals surface area contributed by atoms with Crippen molar-refractivity contribution in [3.8, 4) is 0 Å². The van der Waals surface area contributed by atoms with Gasteiger partial charge in [-0.05, 0) is 54.7 Å². The summed E-state index contributed by atoms with van der Waals surface area (Å²) in [6.07, 6.45) is 6.78. The van der Waals surface area contributed by atoms with Gasteiger partial charge >= 0.3 is 0 Å². The maximum absolute atomic E-state index is 6.40. The molecule has 0 amide bonds. The van der Waals surface area contributed by atoms with Crippen LogP contribution in [0.5, 0.6) is 0 Å². The van der Waals surface area contributed by atoms with Crippen LogP contribution < -0.4 is 5.73 Å². The predicted molar refractivity (Wildman–Crippen MR) is 74.8 cm³/mol. The third-order valence-corrected chi connectivity index (χ3v) is 5.13. The van der Waals surface area contributed by atoms with E-state index in [4.69, 9.17) is 5.73 Å². The first-order valence-corrected chi connectivity index (χ1v) is 7.55. The van der Waals surface area contributed by atoms with Crippen molar-refractivity contribution in [2.45, 2.75) is 38.1 Å². The molecule has 2 heteroatoms. The van der Waals surface area contributed by atoms with Gasteiger partial charge in [0.25, 0.3) is 0 Å². The van der Waals surface area contributed by atoms with E-state index in [1.54, 1.807) is 0 Å². The molecule has 2 N–H and O–H groups in total. The molecule has 3 rings (SSSR count). The van der Waals surface area contributed by atoms with Crippen LogP contribution in [0.1, 0.15) is 31.2 Å². The van der Waals surface area contributed by atoms with E-state index in [-0.39, 0.29) is 0 Å². The lowest BCUT2D eigenvalue weighted by Gasteiger charge is -2.11. The van der Waals surface area contributed by atoms with Crippen molar-refractivity contribution >= 4 is 15.9 Å². The molecule has 3 unspecified atom stereocenters. The Labute approximate surface area is 112 Å². The zero-order valence-corrected chi connectivity index (χ0v) is 11.7. The summed E-state index contributed by atoms with van der Waals surface area (Å²) < 4.78 is 1.15. The summed E-state index contributed by atoms with van der Waals surface area (Å²) >= 11 is 3.47. The highest BCUT2D eigenvalue weighted by molar-refractivity contribution is 9.10. The maximum Gasteiger partial charge on any atom is 0.0175 e. The third kappa shape index (κ3) is 2.43. The van der Waals surface area contributed by atoms with Gasteiger partial charge in [0.05, 0.1) is 0 Å². The second-order valence-electron chi connectivity index (χ2n) is 5.68. The Bertz CT molecular complexity index is 374. The van der Waals surface area contributed by atoms with E-state index in [0.717, 1.165) is 28.6 Å². The molecule has 17 heavy (non-hydrogen) atoms. The van der Waals surface area contributed by atoms with Crippen LogP contribution in [0.3, 0.4) is 0 Å². The SMILES string of the molecule is NC(Cc1ccc(Br)cc1)C1C2CCCCC21. The van der Waals surface area contributed by atoms with Gasteiger partial charge in [0.15, 0.2) is 0 Å². The molecule has 0 aromatic heterocycles. The molecular formula is C15H20BrN. The number of nitrogens with two attached hydrogens (primary N) is 1. The van der Waals surface area contributed by atoms with Gasteiger partial charge in [0, 0.05) is 10.5 Å². The standard InChI is InChI=1S/C15H20BrN/c16-11-7-5-10(6-8-11)9-14(17)15-12-3-1-2-4-13(12)15/h5-8,12-15H,1-4,9,17H2. The fourth-order valence-corrected chi connectivity index (χ4v) is 3.98. The highest BCUT2D eigenvalue weighted by Gasteiger charge is 2.52. The molecule has 0 aliphatic heterocycles. The predicted octanol–water partition coefficient (Wildman–Crippen LogP) is 3.76. The van der Waals surface area contributed by atoms with Crippen LogP contribution in [0.2, 0.25) is 0 Å². The minimum absolute atomic E-state index is 0.379.